The van der Waals surface area contributed by atoms with Gasteiger partial charge in [-0.3, -0.25) is 14.6 Å². The Kier molecular flexibility index (Phi) is 5.14. The number of benzene rings is 2. The van der Waals surface area contributed by atoms with Gasteiger partial charge in [-0.15, -0.1) is 0 Å². The minimum absolute atomic E-state index is 0.0528. The van der Waals surface area contributed by atoms with E-state index in [0.29, 0.717) is 36.0 Å². The Balaban J connectivity index is 1.58. The number of rotatable bonds is 3. The molecule has 2 aliphatic heterocycles. The summed E-state index contributed by atoms with van der Waals surface area (Å²) >= 11 is 0. The van der Waals surface area contributed by atoms with Crippen molar-refractivity contribution in [2.24, 2.45) is 5.92 Å². The van der Waals surface area contributed by atoms with Gasteiger partial charge in [-0.1, -0.05) is 6.07 Å². The summed E-state index contributed by atoms with van der Waals surface area (Å²) in [5, 5.41) is 15.2. The Bertz CT molecular complexity index is 1330. The number of ether oxygens (including phenoxy) is 2. The summed E-state index contributed by atoms with van der Waals surface area (Å²) in [6.07, 6.45) is 0.729. The Morgan fingerprint density at radius 1 is 1.09 bits per heavy atom. The fourth-order valence-corrected chi connectivity index (χ4v) is 3.97. The molecule has 0 saturated heterocycles. The number of fused-ring (bicyclic) bond motifs is 2. The maximum Gasteiger partial charge on any atom is 0.258 e. The predicted molar refractivity (Wildman–Crippen MR) is 116 cm³/mol. The van der Waals surface area contributed by atoms with E-state index in [2.05, 4.69) is 20.6 Å². The summed E-state index contributed by atoms with van der Waals surface area (Å²) < 4.78 is 24.6. The number of nitriles is 1. The van der Waals surface area contributed by atoms with E-state index in [0.717, 1.165) is 6.42 Å². The number of aromatic amines is 1. The molecule has 3 heterocycles. The molecule has 2 unspecified atom stereocenters. The SMILES string of the molecule is N#CC1C(=O)Nc2nc(Nc3ccc(F)cc3)[nH]c(=O)c2C1c1ccc2c(c1)OCCCO2. The average Bonchev–Trinajstić information content (AvgIpc) is 3.04. The molecule has 3 N–H and O–H groups in total. The molecule has 2 aliphatic rings. The summed E-state index contributed by atoms with van der Waals surface area (Å²) in [6.45, 7) is 0.996. The van der Waals surface area contributed by atoms with Crippen molar-refractivity contribution in [1.82, 2.24) is 9.97 Å². The number of anilines is 3. The molecule has 2 aromatic carbocycles. The van der Waals surface area contributed by atoms with Gasteiger partial charge in [0.05, 0.1) is 24.8 Å². The lowest BCUT2D eigenvalue weighted by molar-refractivity contribution is -0.119. The number of H-pyrrole nitrogens is 1. The van der Waals surface area contributed by atoms with Gasteiger partial charge in [0.25, 0.3) is 5.56 Å². The second kappa shape index (κ2) is 8.27. The first kappa shape index (κ1) is 20.5. The van der Waals surface area contributed by atoms with Crippen LogP contribution in [-0.4, -0.2) is 29.1 Å². The molecule has 1 aromatic heterocycles. The Labute approximate surface area is 187 Å². The molecule has 0 bridgehead atoms. The van der Waals surface area contributed by atoms with Gasteiger partial charge in [0, 0.05) is 18.0 Å². The Morgan fingerprint density at radius 2 is 1.85 bits per heavy atom. The molecule has 0 aliphatic carbocycles. The second-order valence-electron chi connectivity index (χ2n) is 7.64. The van der Waals surface area contributed by atoms with Crippen LogP contribution in [0.1, 0.15) is 23.5 Å². The number of halogens is 1. The highest BCUT2D eigenvalue weighted by Crippen LogP contribution is 2.41. The van der Waals surface area contributed by atoms with Crippen LogP contribution in [0.4, 0.5) is 21.8 Å². The third-order valence-electron chi connectivity index (χ3n) is 5.50. The van der Waals surface area contributed by atoms with Gasteiger partial charge in [-0.05, 0) is 42.0 Å². The lowest BCUT2D eigenvalue weighted by atomic mass is 9.79. The van der Waals surface area contributed by atoms with Crippen molar-refractivity contribution in [3.63, 3.8) is 0 Å². The minimum Gasteiger partial charge on any atom is -0.490 e. The van der Waals surface area contributed by atoms with Crippen molar-refractivity contribution in [2.75, 3.05) is 23.8 Å². The van der Waals surface area contributed by atoms with E-state index in [9.17, 15) is 19.2 Å². The molecule has 0 saturated carbocycles. The zero-order chi connectivity index (χ0) is 22.9. The third kappa shape index (κ3) is 3.85. The minimum atomic E-state index is -1.14. The van der Waals surface area contributed by atoms with Crippen LogP contribution in [0.15, 0.2) is 47.3 Å². The van der Waals surface area contributed by atoms with E-state index in [1.807, 2.05) is 6.07 Å². The lowest BCUT2D eigenvalue weighted by Crippen LogP contribution is -2.38. The summed E-state index contributed by atoms with van der Waals surface area (Å²) in [4.78, 5) is 32.8. The number of carbonyl (C=O) groups excluding carboxylic acids is 1. The van der Waals surface area contributed by atoms with Gasteiger partial charge < -0.3 is 20.1 Å². The number of amides is 1. The van der Waals surface area contributed by atoms with Crippen LogP contribution in [0.5, 0.6) is 11.5 Å². The van der Waals surface area contributed by atoms with Crippen LogP contribution >= 0.6 is 0 Å². The van der Waals surface area contributed by atoms with Crippen LogP contribution in [0, 0.1) is 23.1 Å². The van der Waals surface area contributed by atoms with Crippen molar-refractivity contribution >= 4 is 23.4 Å². The van der Waals surface area contributed by atoms with Crippen LogP contribution < -0.4 is 25.7 Å². The van der Waals surface area contributed by atoms with Crippen molar-refractivity contribution in [1.29, 1.82) is 5.26 Å². The van der Waals surface area contributed by atoms with E-state index in [-0.39, 0.29) is 17.3 Å². The second-order valence-corrected chi connectivity index (χ2v) is 7.64. The number of hydrogen-bond acceptors (Lipinski definition) is 7. The topological polar surface area (TPSA) is 129 Å². The van der Waals surface area contributed by atoms with Crippen molar-refractivity contribution < 1.29 is 18.7 Å². The van der Waals surface area contributed by atoms with Gasteiger partial charge in [-0.25, -0.2) is 4.39 Å². The van der Waals surface area contributed by atoms with Gasteiger partial charge in [-0.2, -0.15) is 10.2 Å². The van der Waals surface area contributed by atoms with Gasteiger partial charge in [0.1, 0.15) is 17.6 Å². The Hall–Kier alpha value is -4.39. The van der Waals surface area contributed by atoms with Crippen LogP contribution in [-0.2, 0) is 4.79 Å². The van der Waals surface area contributed by atoms with Gasteiger partial charge >= 0.3 is 0 Å². The molecular formula is C23H18FN5O4. The van der Waals surface area contributed by atoms with Crippen molar-refractivity contribution in [3.05, 3.63) is 69.8 Å². The first-order valence-corrected chi connectivity index (χ1v) is 10.3. The van der Waals surface area contributed by atoms with Crippen LogP contribution in [0.2, 0.25) is 0 Å². The first-order valence-electron chi connectivity index (χ1n) is 10.3. The highest BCUT2D eigenvalue weighted by Gasteiger charge is 2.40. The zero-order valence-corrected chi connectivity index (χ0v) is 17.2. The molecule has 0 spiro atoms. The fraction of sp³-hybridized carbons (Fsp3) is 0.217. The molecule has 2 atom stereocenters. The van der Waals surface area contributed by atoms with Gasteiger partial charge in [0.2, 0.25) is 11.9 Å². The van der Waals surface area contributed by atoms with E-state index >= 15 is 0 Å². The lowest BCUT2D eigenvalue weighted by Gasteiger charge is -2.28. The molecule has 33 heavy (non-hydrogen) atoms. The molecule has 3 aromatic rings. The standard InChI is InChI=1S/C23H18FN5O4/c24-13-3-5-14(6-4-13)26-23-28-20-19(22(31)29-23)18(15(11-25)21(30)27-20)12-2-7-16-17(10-12)33-9-1-8-32-16/h2-7,10,15,18H,1,8-9H2,(H3,26,27,28,29,30,31). The number of nitrogens with one attached hydrogen (secondary N) is 3. The summed E-state index contributed by atoms with van der Waals surface area (Å²) in [5.41, 5.74) is 0.715. The summed E-state index contributed by atoms with van der Waals surface area (Å²) in [7, 11) is 0. The molecule has 9 nitrogen and oxygen atoms in total. The quantitative estimate of drug-likeness (QED) is 0.563. The Morgan fingerprint density at radius 3 is 2.61 bits per heavy atom. The third-order valence-corrected chi connectivity index (χ3v) is 5.50. The van der Waals surface area contributed by atoms with E-state index in [4.69, 9.17) is 9.47 Å². The molecule has 5 rings (SSSR count). The molecule has 1 amide bonds. The predicted octanol–water partition coefficient (Wildman–Crippen LogP) is 3.04. The molecule has 10 heteroatoms. The highest BCUT2D eigenvalue weighted by atomic mass is 19.1. The normalized spacial score (nSPS) is 19.0. The van der Waals surface area contributed by atoms with Crippen molar-refractivity contribution in [3.8, 4) is 17.6 Å². The molecule has 0 fully saturated rings. The van der Waals surface area contributed by atoms with E-state index in [1.165, 1.54) is 24.3 Å². The number of aromatic nitrogens is 2. The van der Waals surface area contributed by atoms with Gasteiger partial charge in [0.15, 0.2) is 11.5 Å². The highest BCUT2D eigenvalue weighted by molar-refractivity contribution is 5.98. The molecular weight excluding hydrogens is 429 g/mol. The average molecular weight is 447 g/mol. The number of carbonyl (C=O) groups is 1. The van der Waals surface area contributed by atoms with Crippen LogP contribution in [0.3, 0.4) is 0 Å². The van der Waals surface area contributed by atoms with E-state index in [1.54, 1.807) is 18.2 Å². The fourth-order valence-electron chi connectivity index (χ4n) is 3.97. The van der Waals surface area contributed by atoms with E-state index < -0.39 is 29.1 Å². The largest absolute Gasteiger partial charge is 0.490 e. The monoisotopic (exact) mass is 447 g/mol. The first-order chi connectivity index (χ1) is 16.0. The molecule has 166 valence electrons. The maximum atomic E-state index is 13.2. The number of nitrogens with zero attached hydrogens (tertiary/aromatic N) is 2. The zero-order valence-electron chi connectivity index (χ0n) is 17.2. The number of hydrogen-bond donors (Lipinski definition) is 3. The smallest absolute Gasteiger partial charge is 0.258 e. The summed E-state index contributed by atoms with van der Waals surface area (Å²) in [5.74, 6) is -1.78. The van der Waals surface area contributed by atoms with Crippen LogP contribution in [0.25, 0.3) is 0 Å². The summed E-state index contributed by atoms with van der Waals surface area (Å²) in [6, 6.07) is 12.6. The maximum absolute atomic E-state index is 13.2. The molecule has 0 radical (unpaired) electrons. The van der Waals surface area contributed by atoms with Crippen molar-refractivity contribution in [2.45, 2.75) is 12.3 Å².